The number of amides is 2. The zero-order chi connectivity index (χ0) is 26.0. The SMILES string of the molecule is Nc1ccc(C=CC(=O)NCCCOc2ccc(Cl)cc2-c2ccc(C(=O)N3CCOCC3)cc2)cn1. The van der Waals surface area contributed by atoms with Crippen LogP contribution in [-0.4, -0.2) is 61.2 Å². The van der Waals surface area contributed by atoms with E-state index in [9.17, 15) is 9.59 Å². The first-order valence-electron chi connectivity index (χ1n) is 12.1. The first-order valence-corrected chi connectivity index (χ1v) is 12.4. The summed E-state index contributed by atoms with van der Waals surface area (Å²) in [6.07, 6.45) is 5.36. The van der Waals surface area contributed by atoms with E-state index >= 15 is 0 Å². The van der Waals surface area contributed by atoms with Crippen molar-refractivity contribution in [2.24, 2.45) is 0 Å². The summed E-state index contributed by atoms with van der Waals surface area (Å²) in [5, 5.41) is 3.42. The van der Waals surface area contributed by atoms with Crippen LogP contribution in [0.15, 0.2) is 66.9 Å². The van der Waals surface area contributed by atoms with E-state index in [2.05, 4.69) is 10.3 Å². The Labute approximate surface area is 221 Å². The van der Waals surface area contributed by atoms with Gasteiger partial charge in [0.1, 0.15) is 11.6 Å². The number of nitrogens with zero attached hydrogens (tertiary/aromatic N) is 2. The quantitative estimate of drug-likeness (QED) is 0.325. The van der Waals surface area contributed by atoms with Gasteiger partial charge in [0.25, 0.3) is 5.91 Å². The number of benzene rings is 2. The van der Waals surface area contributed by atoms with Crippen LogP contribution >= 0.6 is 11.6 Å². The summed E-state index contributed by atoms with van der Waals surface area (Å²) < 4.78 is 11.3. The molecule has 1 saturated heterocycles. The first kappa shape index (κ1) is 26.2. The van der Waals surface area contributed by atoms with Gasteiger partial charge in [-0.25, -0.2) is 4.98 Å². The number of pyridine rings is 1. The third-order valence-corrected chi connectivity index (χ3v) is 6.03. The number of nitrogens with one attached hydrogen (secondary N) is 1. The number of hydrogen-bond acceptors (Lipinski definition) is 6. The summed E-state index contributed by atoms with van der Waals surface area (Å²) in [6.45, 7) is 3.20. The van der Waals surface area contributed by atoms with E-state index in [-0.39, 0.29) is 11.8 Å². The molecule has 9 heteroatoms. The molecular formula is C28H29ClN4O4. The largest absolute Gasteiger partial charge is 0.493 e. The molecule has 1 aliphatic rings. The van der Waals surface area contributed by atoms with Crippen LogP contribution in [0.2, 0.25) is 5.02 Å². The van der Waals surface area contributed by atoms with Crippen LogP contribution in [0.4, 0.5) is 5.82 Å². The summed E-state index contributed by atoms with van der Waals surface area (Å²) in [7, 11) is 0. The number of morpholine rings is 1. The van der Waals surface area contributed by atoms with E-state index in [0.29, 0.717) is 68.0 Å². The Kier molecular flexibility index (Phi) is 9.13. The Hall–Kier alpha value is -3.88. The molecule has 1 aliphatic heterocycles. The van der Waals surface area contributed by atoms with Crippen molar-refractivity contribution in [3.05, 3.63) is 83.0 Å². The van der Waals surface area contributed by atoms with Crippen molar-refractivity contribution in [1.82, 2.24) is 15.2 Å². The van der Waals surface area contributed by atoms with Gasteiger partial charge >= 0.3 is 0 Å². The molecule has 8 nitrogen and oxygen atoms in total. The van der Waals surface area contributed by atoms with Gasteiger partial charge in [-0.15, -0.1) is 0 Å². The average molecular weight is 521 g/mol. The molecule has 4 rings (SSSR count). The van der Waals surface area contributed by atoms with Crippen LogP contribution in [0.5, 0.6) is 5.75 Å². The van der Waals surface area contributed by atoms with E-state index in [1.807, 2.05) is 36.4 Å². The van der Waals surface area contributed by atoms with Gasteiger partial charge in [0.2, 0.25) is 5.91 Å². The van der Waals surface area contributed by atoms with E-state index in [0.717, 1.165) is 16.7 Å². The molecule has 3 N–H and O–H groups in total. The monoisotopic (exact) mass is 520 g/mol. The highest BCUT2D eigenvalue weighted by molar-refractivity contribution is 6.31. The first-order chi connectivity index (χ1) is 18.0. The Morgan fingerprint density at radius 1 is 1.11 bits per heavy atom. The summed E-state index contributed by atoms with van der Waals surface area (Å²) in [5.41, 5.74) is 8.72. The predicted molar refractivity (Wildman–Crippen MR) is 144 cm³/mol. The standard InChI is InChI=1S/C28H29ClN4O4/c29-23-8-9-25(37-15-1-12-31-27(34)11-3-20-2-10-26(30)32-19-20)24(18-23)21-4-6-22(7-5-21)28(35)33-13-16-36-17-14-33/h2-11,18-19H,1,12-17H2,(H2,30,32)(H,31,34). The zero-order valence-electron chi connectivity index (χ0n) is 20.4. The number of ether oxygens (including phenoxy) is 2. The van der Waals surface area contributed by atoms with Crippen molar-refractivity contribution in [1.29, 1.82) is 0 Å². The van der Waals surface area contributed by atoms with Gasteiger partial charge in [-0.2, -0.15) is 0 Å². The molecule has 37 heavy (non-hydrogen) atoms. The molecule has 2 aromatic carbocycles. The predicted octanol–water partition coefficient (Wildman–Crippen LogP) is 4.06. The fourth-order valence-corrected chi connectivity index (χ4v) is 3.98. The smallest absolute Gasteiger partial charge is 0.254 e. The number of halogens is 1. The third kappa shape index (κ3) is 7.55. The fraction of sp³-hybridized carbons (Fsp3) is 0.250. The van der Waals surface area contributed by atoms with Crippen LogP contribution in [0.3, 0.4) is 0 Å². The van der Waals surface area contributed by atoms with Gasteiger partial charge in [0.05, 0.1) is 19.8 Å². The molecule has 0 atom stereocenters. The summed E-state index contributed by atoms with van der Waals surface area (Å²) >= 11 is 6.26. The maximum absolute atomic E-state index is 12.7. The second kappa shape index (κ2) is 12.9. The van der Waals surface area contributed by atoms with Crippen molar-refractivity contribution in [2.75, 3.05) is 45.2 Å². The number of nitrogen functional groups attached to an aromatic ring is 1. The van der Waals surface area contributed by atoms with Crippen LogP contribution in [0, 0.1) is 0 Å². The topological polar surface area (TPSA) is 107 Å². The average Bonchev–Trinajstić information content (AvgIpc) is 2.93. The van der Waals surface area contributed by atoms with Gasteiger partial charge in [-0.3, -0.25) is 9.59 Å². The van der Waals surface area contributed by atoms with Crippen molar-refractivity contribution in [3.63, 3.8) is 0 Å². The van der Waals surface area contributed by atoms with Gasteiger partial charge < -0.3 is 25.4 Å². The van der Waals surface area contributed by atoms with E-state index in [4.69, 9.17) is 26.8 Å². The molecule has 1 fully saturated rings. The second-order valence-corrected chi connectivity index (χ2v) is 8.90. The molecule has 3 aromatic rings. The number of rotatable bonds is 9. The molecule has 2 amide bonds. The normalized spacial score (nSPS) is 13.5. The van der Waals surface area contributed by atoms with Crippen molar-refractivity contribution < 1.29 is 19.1 Å². The number of carbonyl (C=O) groups excluding carboxylic acids is 2. The molecule has 0 spiro atoms. The fourth-order valence-electron chi connectivity index (χ4n) is 3.81. The van der Waals surface area contributed by atoms with Crippen LogP contribution in [0.1, 0.15) is 22.3 Å². The number of carbonyl (C=O) groups is 2. The lowest BCUT2D eigenvalue weighted by Gasteiger charge is -2.26. The Morgan fingerprint density at radius 2 is 1.89 bits per heavy atom. The van der Waals surface area contributed by atoms with Crippen LogP contribution in [0.25, 0.3) is 17.2 Å². The van der Waals surface area contributed by atoms with Gasteiger partial charge in [0.15, 0.2) is 0 Å². The van der Waals surface area contributed by atoms with E-state index in [1.54, 1.807) is 35.4 Å². The minimum atomic E-state index is -0.198. The maximum atomic E-state index is 12.7. The molecule has 0 aliphatic carbocycles. The molecule has 1 aromatic heterocycles. The Morgan fingerprint density at radius 3 is 2.62 bits per heavy atom. The Bertz CT molecular complexity index is 1240. The van der Waals surface area contributed by atoms with Crippen LogP contribution in [-0.2, 0) is 9.53 Å². The molecule has 0 bridgehead atoms. The molecule has 0 saturated carbocycles. The second-order valence-electron chi connectivity index (χ2n) is 8.47. The zero-order valence-corrected chi connectivity index (χ0v) is 21.1. The lowest BCUT2D eigenvalue weighted by Crippen LogP contribution is -2.40. The minimum Gasteiger partial charge on any atom is -0.493 e. The lowest BCUT2D eigenvalue weighted by atomic mass is 10.0. The summed E-state index contributed by atoms with van der Waals surface area (Å²) in [4.78, 5) is 30.6. The highest BCUT2D eigenvalue weighted by atomic mass is 35.5. The minimum absolute atomic E-state index is 0.000517. The summed E-state index contributed by atoms with van der Waals surface area (Å²) in [5.74, 6) is 0.912. The van der Waals surface area contributed by atoms with Crippen molar-refractivity contribution >= 4 is 35.3 Å². The number of anilines is 1. The molecule has 0 radical (unpaired) electrons. The number of nitrogens with two attached hydrogens (primary N) is 1. The highest BCUT2D eigenvalue weighted by Crippen LogP contribution is 2.33. The number of hydrogen-bond donors (Lipinski definition) is 2. The highest BCUT2D eigenvalue weighted by Gasteiger charge is 2.18. The summed E-state index contributed by atoms with van der Waals surface area (Å²) in [6, 6.07) is 16.3. The van der Waals surface area contributed by atoms with Gasteiger partial charge in [-0.05, 0) is 66.1 Å². The third-order valence-electron chi connectivity index (χ3n) is 5.80. The lowest BCUT2D eigenvalue weighted by molar-refractivity contribution is -0.116. The van der Waals surface area contributed by atoms with Crippen molar-refractivity contribution in [2.45, 2.75) is 6.42 Å². The Balaban J connectivity index is 1.29. The molecule has 2 heterocycles. The van der Waals surface area contributed by atoms with E-state index in [1.165, 1.54) is 6.08 Å². The van der Waals surface area contributed by atoms with Crippen LogP contribution < -0.4 is 15.8 Å². The molecule has 192 valence electrons. The number of aromatic nitrogens is 1. The molecule has 0 unspecified atom stereocenters. The van der Waals surface area contributed by atoms with Crippen molar-refractivity contribution in [3.8, 4) is 16.9 Å². The maximum Gasteiger partial charge on any atom is 0.254 e. The van der Waals surface area contributed by atoms with Gasteiger partial charge in [-0.1, -0.05) is 23.7 Å². The molecular weight excluding hydrogens is 492 g/mol. The van der Waals surface area contributed by atoms with E-state index < -0.39 is 0 Å². The van der Waals surface area contributed by atoms with Gasteiger partial charge in [0, 0.05) is 48.1 Å².